The molecule has 3 atom stereocenters. The van der Waals surface area contributed by atoms with Gasteiger partial charge in [-0.05, 0) is 54.4 Å². The number of fused-ring (bicyclic) bond motifs is 1. The van der Waals surface area contributed by atoms with E-state index in [4.69, 9.17) is 0 Å². The second kappa shape index (κ2) is 7.14. The van der Waals surface area contributed by atoms with Crippen molar-refractivity contribution < 1.29 is 27.9 Å². The Hall–Kier alpha value is -2.29. The van der Waals surface area contributed by atoms with Gasteiger partial charge in [-0.2, -0.15) is 13.2 Å². The van der Waals surface area contributed by atoms with Crippen LogP contribution in [0, 0.1) is 17.8 Å². The van der Waals surface area contributed by atoms with Gasteiger partial charge in [-0.1, -0.05) is 19.9 Å². The lowest BCUT2D eigenvalue weighted by Crippen LogP contribution is -2.55. The van der Waals surface area contributed by atoms with Crippen molar-refractivity contribution in [1.82, 2.24) is 15.5 Å². The minimum absolute atomic E-state index is 0.0627. The SMILES string of the molecule is CC(C)C(C[C@@]1(C2CC2)NC(=O)NC1O)C(=O)N1Cc2ccc(C(F)(F)F)cc2C1. The minimum atomic E-state index is -4.42. The molecule has 1 aromatic rings. The third-order valence-electron chi connectivity index (χ3n) is 6.66. The fourth-order valence-corrected chi connectivity index (χ4v) is 4.76. The molecule has 164 valence electrons. The molecule has 1 aliphatic carbocycles. The molecular weight excluding hydrogens is 399 g/mol. The second-order valence-corrected chi connectivity index (χ2v) is 9.05. The zero-order valence-electron chi connectivity index (χ0n) is 16.9. The summed E-state index contributed by atoms with van der Waals surface area (Å²) >= 11 is 0. The lowest BCUT2D eigenvalue weighted by Gasteiger charge is -2.37. The van der Waals surface area contributed by atoms with Crippen LogP contribution in [-0.2, 0) is 24.1 Å². The maximum absolute atomic E-state index is 13.4. The minimum Gasteiger partial charge on any atom is -0.371 e. The molecule has 2 heterocycles. The number of nitrogens with one attached hydrogen (secondary N) is 2. The Kier molecular flexibility index (Phi) is 4.99. The summed E-state index contributed by atoms with van der Waals surface area (Å²) in [5, 5.41) is 15.9. The topological polar surface area (TPSA) is 81.7 Å². The molecular formula is C21H26F3N3O3. The van der Waals surface area contributed by atoms with E-state index in [1.54, 1.807) is 4.90 Å². The Morgan fingerprint density at radius 3 is 2.47 bits per heavy atom. The number of hydrogen-bond donors (Lipinski definition) is 3. The van der Waals surface area contributed by atoms with Gasteiger partial charge in [0.25, 0.3) is 0 Å². The number of alkyl halides is 3. The fourth-order valence-electron chi connectivity index (χ4n) is 4.76. The molecule has 0 radical (unpaired) electrons. The number of amides is 3. The predicted molar refractivity (Wildman–Crippen MR) is 102 cm³/mol. The van der Waals surface area contributed by atoms with Gasteiger partial charge >= 0.3 is 12.2 Å². The second-order valence-electron chi connectivity index (χ2n) is 9.05. The van der Waals surface area contributed by atoms with Gasteiger partial charge in [-0.15, -0.1) is 0 Å². The molecule has 3 N–H and O–H groups in total. The van der Waals surface area contributed by atoms with Crippen molar-refractivity contribution in [2.75, 3.05) is 0 Å². The summed E-state index contributed by atoms with van der Waals surface area (Å²) in [5.41, 5.74) is -0.385. The molecule has 2 unspecified atom stereocenters. The van der Waals surface area contributed by atoms with Crippen LogP contribution in [0.15, 0.2) is 18.2 Å². The van der Waals surface area contributed by atoms with Crippen molar-refractivity contribution in [3.63, 3.8) is 0 Å². The van der Waals surface area contributed by atoms with E-state index in [-0.39, 0.29) is 37.3 Å². The first kappa shape index (κ1) is 21.0. The molecule has 2 fully saturated rings. The van der Waals surface area contributed by atoms with Crippen LogP contribution in [0.25, 0.3) is 0 Å². The first-order valence-corrected chi connectivity index (χ1v) is 10.3. The number of nitrogens with zero attached hydrogens (tertiary/aromatic N) is 1. The van der Waals surface area contributed by atoms with Gasteiger partial charge in [-0.25, -0.2) is 4.79 Å². The summed E-state index contributed by atoms with van der Waals surface area (Å²) in [6.07, 6.45) is -3.47. The summed E-state index contributed by atoms with van der Waals surface area (Å²) in [7, 11) is 0. The smallest absolute Gasteiger partial charge is 0.371 e. The average molecular weight is 425 g/mol. The van der Waals surface area contributed by atoms with Crippen LogP contribution in [0.1, 0.15) is 49.8 Å². The maximum atomic E-state index is 13.4. The van der Waals surface area contributed by atoms with Crippen LogP contribution < -0.4 is 10.6 Å². The molecule has 0 bridgehead atoms. The van der Waals surface area contributed by atoms with Crippen molar-refractivity contribution in [3.8, 4) is 0 Å². The number of hydrogen-bond acceptors (Lipinski definition) is 3. The predicted octanol–water partition coefficient (Wildman–Crippen LogP) is 2.99. The van der Waals surface area contributed by atoms with Gasteiger partial charge in [0, 0.05) is 19.0 Å². The number of benzene rings is 1. The van der Waals surface area contributed by atoms with Gasteiger partial charge in [0.15, 0.2) is 6.23 Å². The van der Waals surface area contributed by atoms with Gasteiger partial charge in [0.1, 0.15) is 0 Å². The van der Waals surface area contributed by atoms with Crippen molar-refractivity contribution in [2.45, 2.75) is 64.1 Å². The third-order valence-corrected chi connectivity index (χ3v) is 6.66. The standard InChI is InChI=1S/C21H26F3N3O3/c1-11(2)16(8-20(14-5-6-14)18(29)25-19(30)26-20)17(28)27-9-12-3-4-15(21(22,23)24)7-13(12)10-27/h3-4,7,11,14,16,18,29H,5-6,8-10H2,1-2H3,(H2,25,26,30)/t16?,18?,20-/m0/s1. The molecule has 30 heavy (non-hydrogen) atoms. The molecule has 2 aliphatic heterocycles. The Bertz CT molecular complexity index is 869. The Balaban J connectivity index is 1.54. The van der Waals surface area contributed by atoms with Crippen LogP contribution in [0.3, 0.4) is 0 Å². The van der Waals surface area contributed by atoms with E-state index >= 15 is 0 Å². The molecule has 1 aromatic carbocycles. The number of aliphatic hydroxyl groups excluding tert-OH is 1. The molecule has 6 nitrogen and oxygen atoms in total. The van der Waals surface area contributed by atoms with E-state index in [2.05, 4.69) is 10.6 Å². The van der Waals surface area contributed by atoms with Crippen molar-refractivity contribution in [3.05, 3.63) is 34.9 Å². The molecule has 4 rings (SSSR count). The van der Waals surface area contributed by atoms with Gasteiger partial charge < -0.3 is 20.6 Å². The molecule has 9 heteroatoms. The largest absolute Gasteiger partial charge is 0.416 e. The van der Waals surface area contributed by atoms with E-state index in [0.717, 1.165) is 25.0 Å². The van der Waals surface area contributed by atoms with Crippen LogP contribution in [0.2, 0.25) is 0 Å². The van der Waals surface area contributed by atoms with Crippen molar-refractivity contribution in [1.29, 1.82) is 0 Å². The Labute approximate surface area is 172 Å². The molecule has 0 aromatic heterocycles. The molecule has 0 spiro atoms. The number of carbonyl (C=O) groups is 2. The normalized spacial score (nSPS) is 27.1. The van der Waals surface area contributed by atoms with E-state index in [1.807, 2.05) is 13.8 Å². The number of rotatable bonds is 5. The van der Waals surface area contributed by atoms with Crippen LogP contribution >= 0.6 is 0 Å². The quantitative estimate of drug-likeness (QED) is 0.679. The summed E-state index contributed by atoms with van der Waals surface area (Å²) in [5.74, 6) is -0.599. The van der Waals surface area contributed by atoms with E-state index < -0.39 is 35.5 Å². The highest BCUT2D eigenvalue weighted by molar-refractivity contribution is 5.81. The first-order valence-electron chi connectivity index (χ1n) is 10.3. The summed E-state index contributed by atoms with van der Waals surface area (Å²) < 4.78 is 39.1. The van der Waals surface area contributed by atoms with Crippen LogP contribution in [0.5, 0.6) is 0 Å². The van der Waals surface area contributed by atoms with Crippen molar-refractivity contribution in [2.24, 2.45) is 17.8 Å². The zero-order chi connectivity index (χ0) is 21.8. The van der Waals surface area contributed by atoms with E-state index in [9.17, 15) is 27.9 Å². The third kappa shape index (κ3) is 3.64. The van der Waals surface area contributed by atoms with Gasteiger partial charge in [0.2, 0.25) is 5.91 Å². The first-order chi connectivity index (χ1) is 14.0. The number of urea groups is 1. The highest BCUT2D eigenvalue weighted by Crippen LogP contribution is 2.47. The van der Waals surface area contributed by atoms with Gasteiger partial charge in [0.05, 0.1) is 11.1 Å². The molecule has 1 saturated carbocycles. The maximum Gasteiger partial charge on any atom is 0.416 e. The van der Waals surface area contributed by atoms with E-state index in [0.29, 0.717) is 11.1 Å². The van der Waals surface area contributed by atoms with Crippen molar-refractivity contribution >= 4 is 11.9 Å². The Morgan fingerprint density at radius 1 is 1.27 bits per heavy atom. The van der Waals surface area contributed by atoms with E-state index in [1.165, 1.54) is 6.07 Å². The number of carbonyl (C=O) groups excluding carboxylic acids is 2. The highest BCUT2D eigenvalue weighted by atomic mass is 19.4. The monoisotopic (exact) mass is 425 g/mol. The fraction of sp³-hybridized carbons (Fsp3) is 0.619. The zero-order valence-corrected chi connectivity index (χ0v) is 16.9. The summed E-state index contributed by atoms with van der Waals surface area (Å²) in [6, 6.07) is 3.15. The lowest BCUT2D eigenvalue weighted by atomic mass is 9.77. The average Bonchev–Trinajstić information content (AvgIpc) is 3.35. The number of halogens is 3. The van der Waals surface area contributed by atoms with Gasteiger partial charge in [-0.3, -0.25) is 4.79 Å². The summed E-state index contributed by atoms with van der Waals surface area (Å²) in [4.78, 5) is 26.8. The van der Waals surface area contributed by atoms with Crippen LogP contribution in [0.4, 0.5) is 18.0 Å². The lowest BCUT2D eigenvalue weighted by molar-refractivity contribution is -0.139. The summed E-state index contributed by atoms with van der Waals surface area (Å²) in [6.45, 7) is 4.21. The molecule has 1 saturated heterocycles. The molecule has 3 aliphatic rings. The van der Waals surface area contributed by atoms with Crippen LogP contribution in [-0.4, -0.2) is 33.7 Å². The number of aliphatic hydroxyl groups is 1. The molecule has 3 amide bonds. The Morgan fingerprint density at radius 2 is 1.93 bits per heavy atom. The highest BCUT2D eigenvalue weighted by Gasteiger charge is 2.57.